The molecule has 0 fully saturated rings. The Morgan fingerprint density at radius 1 is 0.875 bits per heavy atom. The van der Waals surface area contributed by atoms with Crippen molar-refractivity contribution in [1.29, 1.82) is 0 Å². The van der Waals surface area contributed by atoms with E-state index in [0.717, 1.165) is 43.1 Å². The maximum atomic E-state index is 5.83. The maximum absolute atomic E-state index is 5.83. The molecule has 2 aromatic carbocycles. The fourth-order valence-electron chi connectivity index (χ4n) is 4.52. The fourth-order valence-corrected chi connectivity index (χ4v) is 4.52. The topological polar surface area (TPSA) is 45.1 Å². The Bertz CT molecular complexity index is 1030. The monoisotopic (exact) mass is 436 g/mol. The van der Waals surface area contributed by atoms with Gasteiger partial charge in [0, 0.05) is 43.2 Å². The van der Waals surface area contributed by atoms with Gasteiger partial charge in [0.05, 0.1) is 34.0 Å². The molecular formula is C26H32N2O4. The van der Waals surface area contributed by atoms with Gasteiger partial charge in [0.25, 0.3) is 0 Å². The lowest BCUT2D eigenvalue weighted by molar-refractivity contribution is 0.215. The number of nitrogens with zero attached hydrogens (tertiary/aromatic N) is 2. The molecule has 32 heavy (non-hydrogen) atoms. The van der Waals surface area contributed by atoms with Crippen molar-refractivity contribution in [2.45, 2.75) is 32.5 Å². The van der Waals surface area contributed by atoms with E-state index in [1.54, 1.807) is 21.3 Å². The molecular weight excluding hydrogens is 404 g/mol. The lowest BCUT2D eigenvalue weighted by Crippen LogP contribution is -2.30. The van der Waals surface area contributed by atoms with E-state index in [4.69, 9.17) is 18.9 Å². The summed E-state index contributed by atoms with van der Waals surface area (Å²) in [6, 6.07) is 16.7. The quantitative estimate of drug-likeness (QED) is 0.502. The zero-order chi connectivity index (χ0) is 22.5. The number of fused-ring (bicyclic) bond motifs is 1. The van der Waals surface area contributed by atoms with Crippen LogP contribution in [0, 0.1) is 0 Å². The molecule has 0 radical (unpaired) electrons. The van der Waals surface area contributed by atoms with Gasteiger partial charge in [-0.05, 0) is 49.2 Å². The Labute approximate surface area is 190 Å². The van der Waals surface area contributed by atoms with Crippen LogP contribution in [0.4, 0.5) is 0 Å². The Morgan fingerprint density at radius 2 is 1.59 bits per heavy atom. The molecule has 1 unspecified atom stereocenters. The van der Waals surface area contributed by atoms with Gasteiger partial charge in [-0.15, -0.1) is 0 Å². The summed E-state index contributed by atoms with van der Waals surface area (Å²) >= 11 is 0. The SMILES string of the molecule is CCOc1ccc(CN2CCCn3cccc3C2c2cc(OC)c(OC)cc2OC)cc1. The fraction of sp³-hybridized carbons (Fsp3) is 0.385. The Balaban J connectivity index is 1.76. The van der Waals surface area contributed by atoms with Crippen molar-refractivity contribution in [2.24, 2.45) is 0 Å². The van der Waals surface area contributed by atoms with Crippen LogP contribution in [-0.2, 0) is 13.1 Å². The largest absolute Gasteiger partial charge is 0.496 e. The smallest absolute Gasteiger partial charge is 0.164 e. The minimum absolute atomic E-state index is 0.0221. The van der Waals surface area contributed by atoms with Crippen molar-refractivity contribution in [3.63, 3.8) is 0 Å². The van der Waals surface area contributed by atoms with Crippen LogP contribution in [0.15, 0.2) is 54.7 Å². The summed E-state index contributed by atoms with van der Waals surface area (Å²) in [5, 5.41) is 0. The molecule has 0 aliphatic carbocycles. The van der Waals surface area contributed by atoms with Gasteiger partial charge in [0.1, 0.15) is 11.5 Å². The Hall–Kier alpha value is -3.12. The second-order valence-electron chi connectivity index (χ2n) is 7.88. The zero-order valence-corrected chi connectivity index (χ0v) is 19.3. The van der Waals surface area contributed by atoms with Crippen LogP contribution in [0.1, 0.15) is 36.2 Å². The molecule has 1 atom stereocenters. The first kappa shape index (κ1) is 22.1. The summed E-state index contributed by atoms with van der Waals surface area (Å²) in [4.78, 5) is 2.51. The van der Waals surface area contributed by atoms with E-state index in [9.17, 15) is 0 Å². The number of benzene rings is 2. The Kier molecular flexibility index (Phi) is 6.90. The van der Waals surface area contributed by atoms with Crippen LogP contribution in [0.3, 0.4) is 0 Å². The summed E-state index contributed by atoms with van der Waals surface area (Å²) in [5.41, 5.74) is 3.56. The van der Waals surface area contributed by atoms with Gasteiger partial charge in [0.2, 0.25) is 0 Å². The molecule has 0 N–H and O–H groups in total. The van der Waals surface area contributed by atoms with E-state index in [-0.39, 0.29) is 6.04 Å². The van der Waals surface area contributed by atoms with Crippen molar-refractivity contribution in [3.05, 3.63) is 71.5 Å². The van der Waals surface area contributed by atoms with E-state index in [0.29, 0.717) is 18.1 Å². The van der Waals surface area contributed by atoms with Gasteiger partial charge in [-0.3, -0.25) is 4.90 Å². The molecule has 0 bridgehead atoms. The number of hydrogen-bond donors (Lipinski definition) is 0. The molecule has 170 valence electrons. The molecule has 1 aromatic heterocycles. The molecule has 0 saturated carbocycles. The molecule has 0 amide bonds. The summed E-state index contributed by atoms with van der Waals surface area (Å²) in [7, 11) is 5.02. The first-order valence-corrected chi connectivity index (χ1v) is 11.1. The van der Waals surface area contributed by atoms with Crippen molar-refractivity contribution in [1.82, 2.24) is 9.47 Å². The first-order chi connectivity index (χ1) is 15.7. The van der Waals surface area contributed by atoms with Crippen molar-refractivity contribution < 1.29 is 18.9 Å². The third-order valence-corrected chi connectivity index (χ3v) is 6.00. The molecule has 6 nitrogen and oxygen atoms in total. The summed E-state index contributed by atoms with van der Waals surface area (Å²) < 4.78 is 24.9. The lowest BCUT2D eigenvalue weighted by atomic mass is 9.99. The highest BCUT2D eigenvalue weighted by Gasteiger charge is 2.31. The summed E-state index contributed by atoms with van der Waals surface area (Å²) in [6.45, 7) is 5.45. The molecule has 0 saturated heterocycles. The van der Waals surface area contributed by atoms with Crippen LogP contribution in [0.5, 0.6) is 23.0 Å². The second-order valence-corrected chi connectivity index (χ2v) is 7.88. The van der Waals surface area contributed by atoms with E-state index in [1.165, 1.54) is 11.3 Å². The number of ether oxygens (including phenoxy) is 4. The molecule has 2 heterocycles. The third kappa shape index (κ3) is 4.41. The highest BCUT2D eigenvalue weighted by atomic mass is 16.5. The van der Waals surface area contributed by atoms with Crippen LogP contribution < -0.4 is 18.9 Å². The van der Waals surface area contributed by atoms with E-state index < -0.39 is 0 Å². The van der Waals surface area contributed by atoms with Gasteiger partial charge >= 0.3 is 0 Å². The summed E-state index contributed by atoms with van der Waals surface area (Å²) in [5.74, 6) is 3.06. The van der Waals surface area contributed by atoms with E-state index in [1.807, 2.05) is 25.1 Å². The lowest BCUT2D eigenvalue weighted by Gasteiger charge is -2.32. The minimum Gasteiger partial charge on any atom is -0.496 e. The zero-order valence-electron chi connectivity index (χ0n) is 19.3. The maximum Gasteiger partial charge on any atom is 0.164 e. The van der Waals surface area contributed by atoms with E-state index in [2.05, 4.69) is 46.0 Å². The van der Waals surface area contributed by atoms with Gasteiger partial charge in [-0.25, -0.2) is 0 Å². The summed E-state index contributed by atoms with van der Waals surface area (Å²) in [6.07, 6.45) is 3.24. The number of methoxy groups -OCH3 is 3. The predicted octanol–water partition coefficient (Wildman–Crippen LogP) is 4.91. The molecule has 1 aliphatic rings. The third-order valence-electron chi connectivity index (χ3n) is 6.00. The number of aromatic nitrogens is 1. The molecule has 1 aliphatic heterocycles. The van der Waals surface area contributed by atoms with Gasteiger partial charge in [0.15, 0.2) is 11.5 Å². The average Bonchev–Trinajstić information content (AvgIpc) is 3.21. The van der Waals surface area contributed by atoms with Gasteiger partial charge < -0.3 is 23.5 Å². The molecule has 4 rings (SSSR count). The number of rotatable bonds is 8. The molecule has 3 aromatic rings. The number of aryl methyl sites for hydroxylation is 1. The predicted molar refractivity (Wildman–Crippen MR) is 125 cm³/mol. The standard InChI is InChI=1S/C26H32N2O4/c1-5-32-20-11-9-19(10-12-20)18-28-15-7-14-27-13-6-8-22(27)26(28)21-16-24(30-3)25(31-4)17-23(21)29-2/h6,8-13,16-17,26H,5,7,14-15,18H2,1-4H3. The van der Waals surface area contributed by atoms with Crippen LogP contribution in [-0.4, -0.2) is 43.9 Å². The first-order valence-electron chi connectivity index (χ1n) is 11.1. The van der Waals surface area contributed by atoms with Crippen molar-refractivity contribution in [3.8, 4) is 23.0 Å². The average molecular weight is 437 g/mol. The van der Waals surface area contributed by atoms with E-state index >= 15 is 0 Å². The number of hydrogen-bond acceptors (Lipinski definition) is 5. The van der Waals surface area contributed by atoms with Crippen LogP contribution >= 0.6 is 0 Å². The minimum atomic E-state index is 0.0221. The molecule has 0 spiro atoms. The second kappa shape index (κ2) is 10.0. The Morgan fingerprint density at radius 3 is 2.28 bits per heavy atom. The van der Waals surface area contributed by atoms with Crippen LogP contribution in [0.2, 0.25) is 0 Å². The normalized spacial score (nSPS) is 16.2. The van der Waals surface area contributed by atoms with Crippen LogP contribution in [0.25, 0.3) is 0 Å². The van der Waals surface area contributed by atoms with Gasteiger partial charge in [-0.1, -0.05) is 12.1 Å². The van der Waals surface area contributed by atoms with Crippen molar-refractivity contribution in [2.75, 3.05) is 34.5 Å². The van der Waals surface area contributed by atoms with Crippen molar-refractivity contribution >= 4 is 0 Å². The van der Waals surface area contributed by atoms with Gasteiger partial charge in [-0.2, -0.15) is 0 Å². The highest BCUT2D eigenvalue weighted by Crippen LogP contribution is 2.43. The molecule has 6 heteroatoms. The highest BCUT2D eigenvalue weighted by molar-refractivity contribution is 5.53.